The molecule has 0 fully saturated rings. The number of amides is 1. The maximum absolute atomic E-state index is 13.0. The van der Waals surface area contributed by atoms with Gasteiger partial charge in [0, 0.05) is 31.0 Å². The number of halogens is 1. The Morgan fingerprint density at radius 1 is 1.11 bits per heavy atom. The minimum atomic E-state index is -0.249. The molecule has 3 rings (SSSR count). The molecule has 0 saturated heterocycles. The van der Waals surface area contributed by atoms with Crippen molar-refractivity contribution in [2.75, 3.05) is 13.6 Å². The number of rotatable bonds is 8. The third-order valence-corrected chi connectivity index (χ3v) is 4.44. The third kappa shape index (κ3) is 5.23. The van der Waals surface area contributed by atoms with E-state index in [9.17, 15) is 9.18 Å². The van der Waals surface area contributed by atoms with Crippen LogP contribution in [0.1, 0.15) is 35.4 Å². The van der Waals surface area contributed by atoms with Crippen molar-refractivity contribution >= 4 is 5.91 Å². The zero-order valence-electron chi connectivity index (χ0n) is 15.4. The van der Waals surface area contributed by atoms with E-state index in [1.165, 1.54) is 12.1 Å². The summed E-state index contributed by atoms with van der Waals surface area (Å²) in [4.78, 5) is 18.0. The maximum Gasteiger partial charge on any atom is 0.272 e. The summed E-state index contributed by atoms with van der Waals surface area (Å²) < 4.78 is 13.0. The zero-order valence-corrected chi connectivity index (χ0v) is 15.4. The highest BCUT2D eigenvalue weighted by Crippen LogP contribution is 2.19. The molecule has 0 saturated carbocycles. The highest BCUT2D eigenvalue weighted by Gasteiger charge is 2.11. The second-order valence-corrected chi connectivity index (χ2v) is 6.54. The van der Waals surface area contributed by atoms with Gasteiger partial charge in [0.1, 0.15) is 11.5 Å². The van der Waals surface area contributed by atoms with Crippen LogP contribution in [0.15, 0.2) is 54.7 Å². The van der Waals surface area contributed by atoms with Gasteiger partial charge in [-0.1, -0.05) is 12.5 Å². The standard InChI is InChI=1S/C21H23FN4O/c1-26(21(27)19-8-4-5-13-23-19)14-6-2-3-7-18-15-20(25-24-18)16-9-11-17(22)12-10-16/h4-5,8-13,15H,2-3,6-7,14H2,1H3,(H,24,25). The summed E-state index contributed by atoms with van der Waals surface area (Å²) in [5.74, 6) is -0.297. The number of carbonyl (C=O) groups excluding carboxylic acids is 1. The SMILES string of the molecule is CN(CCCCCc1cc(-c2ccc(F)cc2)n[nH]1)C(=O)c1ccccn1. The van der Waals surface area contributed by atoms with Crippen molar-refractivity contribution in [3.05, 3.63) is 71.9 Å². The molecule has 0 aliphatic heterocycles. The topological polar surface area (TPSA) is 61.9 Å². The van der Waals surface area contributed by atoms with Crippen LogP contribution >= 0.6 is 0 Å². The fraction of sp³-hybridized carbons (Fsp3) is 0.286. The second kappa shape index (κ2) is 9.07. The van der Waals surface area contributed by atoms with Crippen LogP contribution in [0.3, 0.4) is 0 Å². The molecule has 140 valence electrons. The lowest BCUT2D eigenvalue weighted by Crippen LogP contribution is -2.28. The fourth-order valence-corrected chi connectivity index (χ4v) is 2.89. The van der Waals surface area contributed by atoms with Gasteiger partial charge < -0.3 is 4.90 Å². The normalized spacial score (nSPS) is 10.7. The first kappa shape index (κ1) is 18.8. The van der Waals surface area contributed by atoms with E-state index in [-0.39, 0.29) is 11.7 Å². The first-order chi connectivity index (χ1) is 13.1. The molecule has 2 heterocycles. The smallest absolute Gasteiger partial charge is 0.272 e. The number of nitrogens with one attached hydrogen (secondary N) is 1. The van der Waals surface area contributed by atoms with Gasteiger partial charge in [0.05, 0.1) is 5.69 Å². The Kier molecular flexibility index (Phi) is 6.30. The van der Waals surface area contributed by atoms with Crippen LogP contribution in [-0.2, 0) is 6.42 Å². The van der Waals surface area contributed by atoms with Gasteiger partial charge in [0.15, 0.2) is 0 Å². The van der Waals surface area contributed by atoms with Crippen LogP contribution < -0.4 is 0 Å². The van der Waals surface area contributed by atoms with Gasteiger partial charge in [-0.2, -0.15) is 5.10 Å². The number of benzene rings is 1. The second-order valence-electron chi connectivity index (χ2n) is 6.54. The number of unbranched alkanes of at least 4 members (excludes halogenated alkanes) is 2. The monoisotopic (exact) mass is 366 g/mol. The summed E-state index contributed by atoms with van der Waals surface area (Å²) in [5.41, 5.74) is 3.26. The molecule has 0 aliphatic carbocycles. The minimum absolute atomic E-state index is 0.0480. The largest absolute Gasteiger partial charge is 0.340 e. The summed E-state index contributed by atoms with van der Waals surface area (Å²) in [6, 6.07) is 13.7. The van der Waals surface area contributed by atoms with Gasteiger partial charge in [0.2, 0.25) is 0 Å². The van der Waals surface area contributed by atoms with Crippen molar-refractivity contribution in [3.8, 4) is 11.3 Å². The fourth-order valence-electron chi connectivity index (χ4n) is 2.89. The van der Waals surface area contributed by atoms with E-state index < -0.39 is 0 Å². The molecule has 5 nitrogen and oxygen atoms in total. The average molecular weight is 366 g/mol. The average Bonchev–Trinajstić information content (AvgIpc) is 3.17. The Morgan fingerprint density at radius 2 is 1.93 bits per heavy atom. The molecule has 0 atom stereocenters. The number of aromatic amines is 1. The Bertz CT molecular complexity index is 861. The summed E-state index contributed by atoms with van der Waals surface area (Å²) in [6.07, 6.45) is 5.49. The Morgan fingerprint density at radius 3 is 2.67 bits per heavy atom. The van der Waals surface area contributed by atoms with E-state index in [1.807, 2.05) is 12.1 Å². The molecule has 6 heteroatoms. The van der Waals surface area contributed by atoms with Crippen LogP contribution in [0.2, 0.25) is 0 Å². The van der Waals surface area contributed by atoms with E-state index >= 15 is 0 Å². The number of aryl methyl sites for hydroxylation is 1. The van der Waals surface area contributed by atoms with Crippen LogP contribution in [0.5, 0.6) is 0 Å². The summed E-state index contributed by atoms with van der Waals surface area (Å²) >= 11 is 0. The molecule has 0 bridgehead atoms. The molecule has 1 aromatic carbocycles. The maximum atomic E-state index is 13.0. The number of H-pyrrole nitrogens is 1. The van der Waals surface area contributed by atoms with Gasteiger partial charge in [-0.3, -0.25) is 14.9 Å². The summed E-state index contributed by atoms with van der Waals surface area (Å²) in [7, 11) is 1.81. The molecule has 0 radical (unpaired) electrons. The number of pyridine rings is 1. The summed E-state index contributed by atoms with van der Waals surface area (Å²) in [6.45, 7) is 0.708. The number of aromatic nitrogens is 3. The van der Waals surface area contributed by atoms with E-state index in [1.54, 1.807) is 42.4 Å². The number of hydrogen-bond donors (Lipinski definition) is 1. The molecule has 0 unspecified atom stereocenters. The van der Waals surface area contributed by atoms with Crippen LogP contribution in [0.4, 0.5) is 4.39 Å². The lowest BCUT2D eigenvalue weighted by molar-refractivity contribution is 0.0787. The van der Waals surface area contributed by atoms with E-state index in [0.717, 1.165) is 42.6 Å². The van der Waals surface area contributed by atoms with E-state index in [2.05, 4.69) is 15.2 Å². The molecule has 27 heavy (non-hydrogen) atoms. The van der Waals surface area contributed by atoms with Crippen molar-refractivity contribution in [2.45, 2.75) is 25.7 Å². The van der Waals surface area contributed by atoms with Gasteiger partial charge in [-0.25, -0.2) is 4.39 Å². The third-order valence-electron chi connectivity index (χ3n) is 4.44. The van der Waals surface area contributed by atoms with Crippen LogP contribution in [0.25, 0.3) is 11.3 Å². The lowest BCUT2D eigenvalue weighted by Gasteiger charge is -2.16. The molecule has 3 aromatic rings. The van der Waals surface area contributed by atoms with Crippen molar-refractivity contribution in [3.63, 3.8) is 0 Å². The summed E-state index contributed by atoms with van der Waals surface area (Å²) in [5, 5.41) is 7.33. The van der Waals surface area contributed by atoms with Crippen molar-refractivity contribution < 1.29 is 9.18 Å². The molecule has 1 amide bonds. The molecule has 0 aliphatic rings. The lowest BCUT2D eigenvalue weighted by atomic mass is 10.1. The molecular weight excluding hydrogens is 343 g/mol. The highest BCUT2D eigenvalue weighted by atomic mass is 19.1. The van der Waals surface area contributed by atoms with Gasteiger partial charge >= 0.3 is 0 Å². The number of carbonyl (C=O) groups is 1. The van der Waals surface area contributed by atoms with Crippen molar-refractivity contribution in [1.29, 1.82) is 0 Å². The van der Waals surface area contributed by atoms with Crippen molar-refractivity contribution in [2.24, 2.45) is 0 Å². The Labute approximate surface area is 158 Å². The Balaban J connectivity index is 1.39. The minimum Gasteiger partial charge on any atom is -0.340 e. The first-order valence-electron chi connectivity index (χ1n) is 9.10. The predicted octanol–water partition coefficient (Wildman–Crippen LogP) is 4.10. The van der Waals surface area contributed by atoms with Crippen LogP contribution in [0, 0.1) is 5.82 Å². The van der Waals surface area contributed by atoms with Crippen LogP contribution in [-0.4, -0.2) is 39.6 Å². The van der Waals surface area contributed by atoms with Crippen molar-refractivity contribution in [1.82, 2.24) is 20.1 Å². The van der Waals surface area contributed by atoms with E-state index in [0.29, 0.717) is 12.2 Å². The Hall–Kier alpha value is -3.02. The van der Waals surface area contributed by atoms with E-state index in [4.69, 9.17) is 0 Å². The predicted molar refractivity (Wildman–Crippen MR) is 103 cm³/mol. The number of hydrogen-bond acceptors (Lipinski definition) is 3. The molecule has 2 aromatic heterocycles. The first-order valence-corrected chi connectivity index (χ1v) is 9.10. The highest BCUT2D eigenvalue weighted by molar-refractivity contribution is 5.91. The van der Waals surface area contributed by atoms with Gasteiger partial charge in [-0.15, -0.1) is 0 Å². The van der Waals surface area contributed by atoms with Gasteiger partial charge in [-0.05, 0) is 61.7 Å². The number of nitrogens with zero attached hydrogens (tertiary/aromatic N) is 3. The molecule has 1 N–H and O–H groups in total. The van der Waals surface area contributed by atoms with Gasteiger partial charge in [0.25, 0.3) is 5.91 Å². The quantitative estimate of drug-likeness (QED) is 0.611. The molecular formula is C21H23FN4O. The molecule has 0 spiro atoms. The zero-order chi connectivity index (χ0) is 19.1.